The molecule has 0 aliphatic rings. The van der Waals surface area contributed by atoms with E-state index >= 15 is 0 Å². The zero-order chi connectivity index (χ0) is 10.1. The van der Waals surface area contributed by atoms with Gasteiger partial charge in [-0.15, -0.1) is 0 Å². The zero-order valence-corrected chi connectivity index (χ0v) is 8.59. The molecule has 0 bridgehead atoms. The molecule has 0 unspecified atom stereocenters. The summed E-state index contributed by atoms with van der Waals surface area (Å²) in [6.45, 7) is 2.24. The molecule has 0 aromatic rings. The van der Waals surface area contributed by atoms with Crippen molar-refractivity contribution in [1.29, 1.82) is 0 Å². The second kappa shape index (κ2) is 8.37. The summed E-state index contributed by atoms with van der Waals surface area (Å²) in [6, 6.07) is 0. The fourth-order valence-corrected chi connectivity index (χ4v) is 1.24. The Hall–Kier alpha value is -0.230. The normalized spacial score (nSPS) is 10.7. The molecule has 0 spiro atoms. The van der Waals surface area contributed by atoms with Crippen LogP contribution < -0.4 is 5.73 Å². The molecule has 0 aliphatic heterocycles. The van der Waals surface area contributed by atoms with Crippen LogP contribution >= 0.6 is 12.2 Å². The Balaban J connectivity index is 3.49. The molecular formula is C8H18N2O2S. The largest absolute Gasteiger partial charge is 0.395 e. The highest BCUT2D eigenvalue weighted by atomic mass is 32.1. The maximum Gasteiger partial charge on any atom is 0.0727 e. The van der Waals surface area contributed by atoms with E-state index in [0.717, 1.165) is 19.4 Å². The fourth-order valence-electron chi connectivity index (χ4n) is 1.10. The van der Waals surface area contributed by atoms with E-state index in [9.17, 15) is 0 Å². The van der Waals surface area contributed by atoms with Gasteiger partial charge in [0.05, 0.1) is 18.2 Å². The molecule has 0 aliphatic carbocycles. The van der Waals surface area contributed by atoms with E-state index < -0.39 is 0 Å². The van der Waals surface area contributed by atoms with Crippen LogP contribution in [0.15, 0.2) is 0 Å². The number of aliphatic hydroxyl groups is 2. The van der Waals surface area contributed by atoms with E-state index in [1.807, 2.05) is 4.90 Å². The summed E-state index contributed by atoms with van der Waals surface area (Å²) in [7, 11) is 0. The average Bonchev–Trinajstić information content (AvgIpc) is 2.04. The van der Waals surface area contributed by atoms with Crippen molar-refractivity contribution in [2.24, 2.45) is 5.73 Å². The minimum Gasteiger partial charge on any atom is -0.395 e. The van der Waals surface area contributed by atoms with E-state index in [0.29, 0.717) is 18.1 Å². The fraction of sp³-hybridized carbons (Fsp3) is 0.875. The summed E-state index contributed by atoms with van der Waals surface area (Å²) in [4.78, 5) is 2.51. The molecule has 0 amide bonds. The molecular weight excluding hydrogens is 188 g/mol. The van der Waals surface area contributed by atoms with E-state index in [2.05, 4.69) is 0 Å². The standard InChI is InChI=1S/C8H18N2O2S/c9-8(13)2-1-3-10(4-6-11)5-7-12/h11-12H,1-7H2,(H2,9,13). The summed E-state index contributed by atoms with van der Waals surface area (Å²) < 4.78 is 0. The predicted octanol–water partition coefficient (Wildman–Crippen LogP) is -0.661. The molecule has 0 saturated carbocycles. The van der Waals surface area contributed by atoms with E-state index in [1.54, 1.807) is 0 Å². The molecule has 0 fully saturated rings. The summed E-state index contributed by atoms with van der Waals surface area (Å²) >= 11 is 4.74. The molecule has 13 heavy (non-hydrogen) atoms. The maximum atomic E-state index is 8.70. The predicted molar refractivity (Wildman–Crippen MR) is 56.6 cm³/mol. The Kier molecular flexibility index (Phi) is 8.22. The van der Waals surface area contributed by atoms with Crippen molar-refractivity contribution in [3.63, 3.8) is 0 Å². The molecule has 0 radical (unpaired) electrons. The maximum absolute atomic E-state index is 8.70. The van der Waals surface area contributed by atoms with Crippen LogP contribution in [-0.4, -0.2) is 52.9 Å². The van der Waals surface area contributed by atoms with Gasteiger partial charge in [0, 0.05) is 13.1 Å². The van der Waals surface area contributed by atoms with Crippen LogP contribution in [0.1, 0.15) is 12.8 Å². The molecule has 0 saturated heterocycles. The van der Waals surface area contributed by atoms with Crippen LogP contribution in [0.5, 0.6) is 0 Å². The van der Waals surface area contributed by atoms with Crippen LogP contribution in [-0.2, 0) is 0 Å². The first-order chi connectivity index (χ1) is 6.20. The van der Waals surface area contributed by atoms with Gasteiger partial charge in [-0.2, -0.15) is 0 Å². The van der Waals surface area contributed by atoms with E-state index in [4.69, 9.17) is 28.2 Å². The number of hydrogen-bond acceptors (Lipinski definition) is 4. The first-order valence-corrected chi connectivity index (χ1v) is 4.84. The second-order valence-corrected chi connectivity index (χ2v) is 3.38. The van der Waals surface area contributed by atoms with Gasteiger partial charge >= 0.3 is 0 Å². The van der Waals surface area contributed by atoms with Gasteiger partial charge in [-0.05, 0) is 19.4 Å². The van der Waals surface area contributed by atoms with Gasteiger partial charge in [-0.3, -0.25) is 4.90 Å². The van der Waals surface area contributed by atoms with Crippen molar-refractivity contribution in [2.45, 2.75) is 12.8 Å². The molecule has 0 aromatic carbocycles. The summed E-state index contributed by atoms with van der Waals surface area (Å²) in [5, 5.41) is 17.4. The molecule has 4 N–H and O–H groups in total. The van der Waals surface area contributed by atoms with Crippen molar-refractivity contribution in [3.8, 4) is 0 Å². The highest BCUT2D eigenvalue weighted by Gasteiger charge is 2.02. The average molecular weight is 206 g/mol. The van der Waals surface area contributed by atoms with E-state index in [1.165, 1.54) is 0 Å². The van der Waals surface area contributed by atoms with Crippen molar-refractivity contribution >= 4 is 17.2 Å². The Labute approximate surface area is 84.3 Å². The van der Waals surface area contributed by atoms with Gasteiger partial charge in [0.25, 0.3) is 0 Å². The van der Waals surface area contributed by atoms with Gasteiger partial charge in [0.2, 0.25) is 0 Å². The van der Waals surface area contributed by atoms with Crippen molar-refractivity contribution in [1.82, 2.24) is 4.90 Å². The van der Waals surface area contributed by atoms with Crippen molar-refractivity contribution in [2.75, 3.05) is 32.8 Å². The highest BCUT2D eigenvalue weighted by molar-refractivity contribution is 7.80. The molecule has 78 valence electrons. The highest BCUT2D eigenvalue weighted by Crippen LogP contribution is 1.94. The van der Waals surface area contributed by atoms with Crippen molar-refractivity contribution < 1.29 is 10.2 Å². The third kappa shape index (κ3) is 8.11. The van der Waals surface area contributed by atoms with Crippen LogP contribution in [0.25, 0.3) is 0 Å². The molecule has 0 heterocycles. The van der Waals surface area contributed by atoms with Gasteiger partial charge in [-0.1, -0.05) is 12.2 Å². The number of nitrogens with two attached hydrogens (primary N) is 1. The smallest absolute Gasteiger partial charge is 0.0727 e. The molecule has 0 rings (SSSR count). The van der Waals surface area contributed by atoms with Crippen LogP contribution in [0, 0.1) is 0 Å². The molecule has 5 heteroatoms. The lowest BCUT2D eigenvalue weighted by atomic mass is 10.3. The Morgan fingerprint density at radius 2 is 1.69 bits per heavy atom. The van der Waals surface area contributed by atoms with Gasteiger partial charge in [-0.25, -0.2) is 0 Å². The Bertz CT molecular complexity index is 138. The third-order valence-electron chi connectivity index (χ3n) is 1.73. The lowest BCUT2D eigenvalue weighted by Crippen LogP contribution is -2.31. The Morgan fingerprint density at radius 1 is 1.15 bits per heavy atom. The summed E-state index contributed by atoms with van der Waals surface area (Å²) in [6.07, 6.45) is 1.61. The molecule has 4 nitrogen and oxygen atoms in total. The monoisotopic (exact) mass is 206 g/mol. The number of rotatable bonds is 8. The second-order valence-electron chi connectivity index (χ2n) is 2.86. The number of thiocarbonyl (C=S) groups is 1. The minimum atomic E-state index is 0.118. The summed E-state index contributed by atoms with van der Waals surface area (Å²) in [5.74, 6) is 0. The van der Waals surface area contributed by atoms with E-state index in [-0.39, 0.29) is 13.2 Å². The molecule has 0 atom stereocenters. The quantitative estimate of drug-likeness (QED) is 0.460. The topological polar surface area (TPSA) is 69.7 Å². The lowest BCUT2D eigenvalue weighted by Gasteiger charge is -2.19. The first-order valence-electron chi connectivity index (χ1n) is 4.43. The van der Waals surface area contributed by atoms with Crippen LogP contribution in [0.4, 0.5) is 0 Å². The SMILES string of the molecule is NC(=S)CCCN(CCO)CCO. The number of aliphatic hydroxyl groups excluding tert-OH is 2. The third-order valence-corrected chi connectivity index (χ3v) is 1.93. The van der Waals surface area contributed by atoms with Gasteiger partial charge in [0.15, 0.2) is 0 Å². The van der Waals surface area contributed by atoms with Crippen LogP contribution in [0.3, 0.4) is 0 Å². The van der Waals surface area contributed by atoms with Crippen molar-refractivity contribution in [3.05, 3.63) is 0 Å². The molecule has 0 aromatic heterocycles. The lowest BCUT2D eigenvalue weighted by molar-refractivity contribution is 0.160. The Morgan fingerprint density at radius 3 is 2.08 bits per heavy atom. The summed E-state index contributed by atoms with van der Waals surface area (Å²) in [5.41, 5.74) is 5.34. The first kappa shape index (κ1) is 12.8. The van der Waals surface area contributed by atoms with Crippen LogP contribution in [0.2, 0.25) is 0 Å². The van der Waals surface area contributed by atoms with Gasteiger partial charge in [0.1, 0.15) is 0 Å². The zero-order valence-electron chi connectivity index (χ0n) is 7.78. The van der Waals surface area contributed by atoms with Gasteiger partial charge < -0.3 is 15.9 Å². The number of nitrogens with zero attached hydrogens (tertiary/aromatic N) is 1. The number of hydrogen-bond donors (Lipinski definition) is 3. The minimum absolute atomic E-state index is 0.118.